The van der Waals surface area contributed by atoms with Crippen molar-refractivity contribution in [3.8, 4) is 0 Å². The highest BCUT2D eigenvalue weighted by Crippen LogP contribution is 2.58. The molecule has 19 heavy (non-hydrogen) atoms. The Hall–Kier alpha value is -0.880. The molecule has 1 aromatic rings. The van der Waals surface area contributed by atoms with Crippen LogP contribution in [0.5, 0.6) is 0 Å². The molecule has 2 N–H and O–H groups in total. The van der Waals surface area contributed by atoms with Gasteiger partial charge < -0.3 is 14.8 Å². The smallest absolute Gasteiger partial charge is 0.314 e. The maximum absolute atomic E-state index is 13.6. The molecule has 0 fully saturated rings. The zero-order valence-electron chi connectivity index (χ0n) is 10.5. The third-order valence-corrected chi connectivity index (χ3v) is 4.49. The number of benzene rings is 1. The van der Waals surface area contributed by atoms with E-state index in [0.717, 1.165) is 0 Å². The second-order valence-electron chi connectivity index (χ2n) is 3.61. The van der Waals surface area contributed by atoms with Crippen molar-refractivity contribution in [3.63, 3.8) is 0 Å². The van der Waals surface area contributed by atoms with Gasteiger partial charge in [-0.2, -0.15) is 0 Å². The Balaban J connectivity index is 3.24. The summed E-state index contributed by atoms with van der Waals surface area (Å²) < 4.78 is 61.9. The van der Waals surface area contributed by atoms with Gasteiger partial charge in [-0.1, -0.05) is 0 Å². The molecule has 0 bridgehead atoms. The highest BCUT2D eigenvalue weighted by Gasteiger charge is 2.36. The zero-order chi connectivity index (χ0) is 14.6. The first-order chi connectivity index (χ1) is 8.85. The van der Waals surface area contributed by atoms with Crippen LogP contribution in [0.1, 0.15) is 25.2 Å². The molecule has 108 valence electrons. The highest BCUT2D eigenvalue weighted by atomic mass is 31.2. The fraction of sp³-hybridized carbons (Fsp3) is 0.455. The van der Waals surface area contributed by atoms with Gasteiger partial charge >= 0.3 is 7.60 Å². The standard InChI is InChI=1S/C11H15F3NO3P/c1-3-17-19(16,18-4-2)11(15)8-5-7(12)6-9(13)10(8)14/h5-6,11H,3-4,15H2,1-2H3/t11-/m0/s1. The Labute approximate surface area is 109 Å². The van der Waals surface area contributed by atoms with E-state index >= 15 is 0 Å². The van der Waals surface area contributed by atoms with Gasteiger partial charge in [0.05, 0.1) is 13.2 Å². The monoisotopic (exact) mass is 297 g/mol. The summed E-state index contributed by atoms with van der Waals surface area (Å²) in [5.41, 5.74) is 5.02. The molecule has 0 aromatic heterocycles. The minimum Gasteiger partial charge on any atom is -0.314 e. The molecule has 0 saturated carbocycles. The minimum atomic E-state index is -3.89. The van der Waals surface area contributed by atoms with Gasteiger partial charge in [0.25, 0.3) is 0 Å². The summed E-state index contributed by atoms with van der Waals surface area (Å²) in [7, 11) is -3.89. The summed E-state index contributed by atoms with van der Waals surface area (Å²) >= 11 is 0. The van der Waals surface area contributed by atoms with Crippen molar-refractivity contribution in [2.24, 2.45) is 5.73 Å². The van der Waals surface area contributed by atoms with Crippen LogP contribution in [0.2, 0.25) is 0 Å². The lowest BCUT2D eigenvalue weighted by atomic mass is 10.2. The van der Waals surface area contributed by atoms with E-state index in [9.17, 15) is 17.7 Å². The Morgan fingerprint density at radius 1 is 1.21 bits per heavy atom. The SMILES string of the molecule is CCOP(=O)(OCC)[C@H](N)c1cc(F)cc(F)c1F. The molecule has 0 saturated heterocycles. The number of rotatable bonds is 6. The van der Waals surface area contributed by atoms with Crippen molar-refractivity contribution in [1.82, 2.24) is 0 Å². The summed E-state index contributed by atoms with van der Waals surface area (Å²) in [4.78, 5) is 0. The topological polar surface area (TPSA) is 61.5 Å². The highest BCUT2D eigenvalue weighted by molar-refractivity contribution is 7.54. The van der Waals surface area contributed by atoms with Crippen LogP contribution in [0.25, 0.3) is 0 Å². The van der Waals surface area contributed by atoms with Crippen LogP contribution in [-0.4, -0.2) is 13.2 Å². The molecule has 8 heteroatoms. The Morgan fingerprint density at radius 3 is 2.21 bits per heavy atom. The minimum absolute atomic E-state index is 0.00436. The van der Waals surface area contributed by atoms with Gasteiger partial charge in [-0.05, 0) is 19.9 Å². The molecular weight excluding hydrogens is 282 g/mol. The van der Waals surface area contributed by atoms with E-state index < -0.39 is 36.4 Å². The van der Waals surface area contributed by atoms with Gasteiger partial charge in [0, 0.05) is 11.6 Å². The molecule has 4 nitrogen and oxygen atoms in total. The van der Waals surface area contributed by atoms with Crippen molar-refractivity contribution in [1.29, 1.82) is 0 Å². The van der Waals surface area contributed by atoms with Gasteiger partial charge in [0.1, 0.15) is 11.6 Å². The zero-order valence-corrected chi connectivity index (χ0v) is 11.4. The van der Waals surface area contributed by atoms with Crippen molar-refractivity contribution in [2.45, 2.75) is 19.6 Å². The first kappa shape index (κ1) is 16.2. The van der Waals surface area contributed by atoms with E-state index in [1.54, 1.807) is 13.8 Å². The van der Waals surface area contributed by atoms with Gasteiger partial charge in [-0.25, -0.2) is 13.2 Å². The maximum atomic E-state index is 13.6. The third-order valence-electron chi connectivity index (χ3n) is 2.30. The molecule has 0 aliphatic rings. The van der Waals surface area contributed by atoms with Crippen molar-refractivity contribution < 1.29 is 26.8 Å². The molecule has 1 rings (SSSR count). The van der Waals surface area contributed by atoms with Crippen molar-refractivity contribution >= 4 is 7.60 Å². The van der Waals surface area contributed by atoms with E-state index in [0.29, 0.717) is 12.1 Å². The van der Waals surface area contributed by atoms with E-state index in [2.05, 4.69) is 0 Å². The first-order valence-corrected chi connectivity index (χ1v) is 7.25. The molecule has 1 aromatic carbocycles. The normalized spacial score (nSPS) is 13.6. The van der Waals surface area contributed by atoms with Gasteiger partial charge in [0.15, 0.2) is 11.6 Å². The summed E-state index contributed by atoms with van der Waals surface area (Å²) in [5, 5.41) is 0. The Kier molecular flexibility index (Phi) is 5.55. The molecule has 0 aliphatic carbocycles. The van der Waals surface area contributed by atoms with Crippen molar-refractivity contribution in [2.75, 3.05) is 13.2 Å². The quantitative estimate of drug-likeness (QED) is 0.646. The largest absolute Gasteiger partial charge is 0.351 e. The summed E-state index contributed by atoms with van der Waals surface area (Å²) in [6.45, 7) is 3.09. The predicted molar refractivity (Wildman–Crippen MR) is 64.1 cm³/mol. The van der Waals surface area contributed by atoms with E-state index in [1.165, 1.54) is 0 Å². The fourth-order valence-corrected chi connectivity index (χ4v) is 3.16. The van der Waals surface area contributed by atoms with Crippen LogP contribution in [-0.2, 0) is 13.6 Å². The molecule has 0 unspecified atom stereocenters. The molecule has 1 atom stereocenters. The Morgan fingerprint density at radius 2 is 1.74 bits per heavy atom. The van der Waals surface area contributed by atoms with Gasteiger partial charge in [-0.3, -0.25) is 4.57 Å². The first-order valence-electron chi connectivity index (χ1n) is 5.64. The number of halogens is 3. The van der Waals surface area contributed by atoms with Crippen LogP contribution in [0.3, 0.4) is 0 Å². The second kappa shape index (κ2) is 6.52. The summed E-state index contributed by atoms with van der Waals surface area (Å²) in [6.07, 6.45) is 0. The lowest BCUT2D eigenvalue weighted by Gasteiger charge is -2.23. The number of hydrogen-bond donors (Lipinski definition) is 1. The number of hydrogen-bond acceptors (Lipinski definition) is 4. The van der Waals surface area contributed by atoms with Crippen LogP contribution in [0.4, 0.5) is 13.2 Å². The second-order valence-corrected chi connectivity index (χ2v) is 5.76. The maximum Gasteiger partial charge on any atom is 0.351 e. The van der Waals surface area contributed by atoms with Crippen LogP contribution in [0.15, 0.2) is 12.1 Å². The lowest BCUT2D eigenvalue weighted by molar-refractivity contribution is 0.211. The van der Waals surface area contributed by atoms with Gasteiger partial charge in [0.2, 0.25) is 0 Å². The van der Waals surface area contributed by atoms with Crippen LogP contribution in [0, 0.1) is 17.5 Å². The fourth-order valence-electron chi connectivity index (χ4n) is 1.52. The molecule has 0 amide bonds. The average molecular weight is 297 g/mol. The molecule has 0 heterocycles. The molecular formula is C11H15F3NO3P. The lowest BCUT2D eigenvalue weighted by Crippen LogP contribution is -2.17. The van der Waals surface area contributed by atoms with E-state index in [1.807, 2.05) is 0 Å². The van der Waals surface area contributed by atoms with E-state index in [4.69, 9.17) is 14.8 Å². The van der Waals surface area contributed by atoms with E-state index in [-0.39, 0.29) is 13.2 Å². The van der Waals surface area contributed by atoms with Crippen LogP contribution >= 0.6 is 7.60 Å². The third kappa shape index (κ3) is 3.57. The molecule has 0 spiro atoms. The summed E-state index contributed by atoms with van der Waals surface area (Å²) in [5.74, 6) is -5.40. The van der Waals surface area contributed by atoms with Crippen LogP contribution < -0.4 is 5.73 Å². The predicted octanol–water partition coefficient (Wildman–Crippen LogP) is 3.33. The Bertz CT molecular complexity index is 488. The number of nitrogens with two attached hydrogens (primary N) is 1. The molecule has 0 aliphatic heterocycles. The van der Waals surface area contributed by atoms with Crippen molar-refractivity contribution in [3.05, 3.63) is 35.1 Å². The molecule has 0 radical (unpaired) electrons. The summed E-state index contributed by atoms with van der Waals surface area (Å²) in [6, 6.07) is 1.05. The average Bonchev–Trinajstić information content (AvgIpc) is 2.33. The van der Waals surface area contributed by atoms with Gasteiger partial charge in [-0.15, -0.1) is 0 Å².